The number of hydrogen-bond donors (Lipinski definition) is 2. The van der Waals surface area contributed by atoms with Gasteiger partial charge in [0.05, 0.1) is 4.99 Å². The maximum atomic E-state index is 11.1. The van der Waals surface area contributed by atoms with E-state index in [4.69, 9.17) is 22.7 Å². The van der Waals surface area contributed by atoms with Crippen molar-refractivity contribution in [1.29, 1.82) is 0 Å². The van der Waals surface area contributed by atoms with E-state index in [1.54, 1.807) is 0 Å². The number of carbonyl (C=O) groups excluding carboxylic acids is 1. The van der Waals surface area contributed by atoms with E-state index in [1.165, 1.54) is 0 Å². The van der Waals surface area contributed by atoms with E-state index in [0.29, 0.717) is 24.6 Å². The quantitative estimate of drug-likeness (QED) is 0.462. The Labute approximate surface area is 90.2 Å². The molecule has 0 aromatic rings. The van der Waals surface area contributed by atoms with Crippen molar-refractivity contribution in [3.05, 3.63) is 0 Å². The van der Waals surface area contributed by atoms with Crippen molar-refractivity contribution in [1.82, 2.24) is 5.32 Å². The van der Waals surface area contributed by atoms with E-state index in [-0.39, 0.29) is 12.5 Å². The van der Waals surface area contributed by atoms with Crippen LogP contribution in [0.15, 0.2) is 0 Å². The van der Waals surface area contributed by atoms with Crippen LogP contribution in [-0.4, -0.2) is 30.7 Å². The smallest absolute Gasteiger partial charge is 0.245 e. The summed E-state index contributed by atoms with van der Waals surface area (Å²) < 4.78 is 5.06. The average molecular weight is 218 g/mol. The van der Waals surface area contributed by atoms with E-state index < -0.39 is 0 Å². The van der Waals surface area contributed by atoms with Gasteiger partial charge in [-0.15, -0.1) is 0 Å². The van der Waals surface area contributed by atoms with E-state index in [2.05, 4.69) is 5.32 Å². The molecule has 0 unspecified atom stereocenters. The molecule has 0 rings (SSSR count). The third-order valence-electron chi connectivity index (χ3n) is 1.50. The van der Waals surface area contributed by atoms with Gasteiger partial charge in [0.2, 0.25) is 5.91 Å². The van der Waals surface area contributed by atoms with Gasteiger partial charge in [0, 0.05) is 13.2 Å². The molecule has 0 spiro atoms. The molecule has 0 radical (unpaired) electrons. The Morgan fingerprint density at radius 1 is 1.57 bits per heavy atom. The van der Waals surface area contributed by atoms with E-state index in [9.17, 15) is 4.79 Å². The third kappa shape index (κ3) is 9.41. The van der Waals surface area contributed by atoms with Crippen molar-refractivity contribution >= 4 is 23.1 Å². The highest BCUT2D eigenvalue weighted by Crippen LogP contribution is 1.87. The molecule has 0 fully saturated rings. The standard InChI is InChI=1S/C9H18N2O2S/c1-2-6-13-7-9(12)11-5-3-4-8(10)14/h2-7H2,1H3,(H2,10,14)(H,11,12). The van der Waals surface area contributed by atoms with Gasteiger partial charge in [0.1, 0.15) is 6.61 Å². The molecular weight excluding hydrogens is 200 g/mol. The molecule has 4 nitrogen and oxygen atoms in total. The molecule has 1 amide bonds. The van der Waals surface area contributed by atoms with Gasteiger partial charge >= 0.3 is 0 Å². The molecular formula is C9H18N2O2S. The normalized spacial score (nSPS) is 9.79. The maximum Gasteiger partial charge on any atom is 0.245 e. The SMILES string of the molecule is CCCOCC(=O)NCCCC(N)=S. The summed E-state index contributed by atoms with van der Waals surface area (Å²) in [5, 5.41) is 2.72. The van der Waals surface area contributed by atoms with Crippen LogP contribution in [0.25, 0.3) is 0 Å². The molecule has 82 valence electrons. The Balaban J connectivity index is 3.22. The molecule has 0 bridgehead atoms. The second-order valence-electron chi connectivity index (χ2n) is 2.97. The summed E-state index contributed by atoms with van der Waals surface area (Å²) in [5.41, 5.74) is 5.30. The number of carbonyl (C=O) groups is 1. The number of hydrogen-bond acceptors (Lipinski definition) is 3. The molecule has 3 N–H and O–H groups in total. The maximum absolute atomic E-state index is 11.1. The molecule has 0 aromatic heterocycles. The second kappa shape index (κ2) is 8.90. The fourth-order valence-corrected chi connectivity index (χ4v) is 0.995. The molecule has 0 aliphatic rings. The lowest BCUT2D eigenvalue weighted by atomic mass is 10.3. The zero-order chi connectivity index (χ0) is 10.8. The summed E-state index contributed by atoms with van der Waals surface area (Å²) in [6.45, 7) is 3.37. The lowest BCUT2D eigenvalue weighted by Crippen LogP contribution is -2.29. The molecule has 0 aliphatic carbocycles. The molecule has 0 aromatic carbocycles. The minimum Gasteiger partial charge on any atom is -0.393 e. The molecule has 14 heavy (non-hydrogen) atoms. The van der Waals surface area contributed by atoms with Crippen molar-refractivity contribution in [2.24, 2.45) is 5.73 Å². The highest BCUT2D eigenvalue weighted by atomic mass is 32.1. The van der Waals surface area contributed by atoms with Crippen molar-refractivity contribution in [2.75, 3.05) is 19.8 Å². The minimum atomic E-state index is -0.0820. The van der Waals surface area contributed by atoms with E-state index in [1.807, 2.05) is 6.92 Å². The first-order valence-electron chi connectivity index (χ1n) is 4.79. The van der Waals surface area contributed by atoms with Crippen LogP contribution in [0.2, 0.25) is 0 Å². The first kappa shape index (κ1) is 13.3. The molecule has 0 saturated carbocycles. The van der Waals surface area contributed by atoms with Crippen LogP contribution in [0.3, 0.4) is 0 Å². The van der Waals surface area contributed by atoms with Crippen LogP contribution in [0, 0.1) is 0 Å². The van der Waals surface area contributed by atoms with Crippen LogP contribution in [0.5, 0.6) is 0 Å². The molecule has 0 saturated heterocycles. The van der Waals surface area contributed by atoms with Gasteiger partial charge in [0.25, 0.3) is 0 Å². The van der Waals surface area contributed by atoms with Crippen molar-refractivity contribution in [3.8, 4) is 0 Å². The summed E-state index contributed by atoms with van der Waals surface area (Å²) in [7, 11) is 0. The van der Waals surface area contributed by atoms with Gasteiger partial charge in [-0.25, -0.2) is 0 Å². The largest absolute Gasteiger partial charge is 0.393 e. The van der Waals surface area contributed by atoms with E-state index in [0.717, 1.165) is 12.8 Å². The average Bonchev–Trinajstić information content (AvgIpc) is 2.13. The number of rotatable bonds is 8. The van der Waals surface area contributed by atoms with Crippen molar-refractivity contribution < 1.29 is 9.53 Å². The highest BCUT2D eigenvalue weighted by Gasteiger charge is 1.99. The molecule has 5 heteroatoms. The van der Waals surface area contributed by atoms with Gasteiger partial charge in [-0.1, -0.05) is 19.1 Å². The zero-order valence-corrected chi connectivity index (χ0v) is 9.36. The van der Waals surface area contributed by atoms with Gasteiger partial charge < -0.3 is 15.8 Å². The molecule has 0 heterocycles. The predicted octanol–water partition coefficient (Wildman–Crippen LogP) is 0.595. The van der Waals surface area contributed by atoms with Crippen molar-refractivity contribution in [2.45, 2.75) is 26.2 Å². The Morgan fingerprint density at radius 3 is 2.86 bits per heavy atom. The van der Waals surface area contributed by atoms with E-state index >= 15 is 0 Å². The molecule has 0 aliphatic heterocycles. The molecule has 0 atom stereocenters. The first-order valence-corrected chi connectivity index (χ1v) is 5.20. The minimum absolute atomic E-state index is 0.0820. The van der Waals surface area contributed by atoms with Crippen LogP contribution in [0.1, 0.15) is 26.2 Å². The van der Waals surface area contributed by atoms with Crippen LogP contribution < -0.4 is 11.1 Å². The number of nitrogens with two attached hydrogens (primary N) is 1. The number of nitrogens with one attached hydrogen (secondary N) is 1. The highest BCUT2D eigenvalue weighted by molar-refractivity contribution is 7.80. The Morgan fingerprint density at radius 2 is 2.29 bits per heavy atom. The van der Waals surface area contributed by atoms with Gasteiger partial charge in [-0.3, -0.25) is 4.79 Å². The Hall–Kier alpha value is -0.680. The summed E-state index contributed by atoms with van der Waals surface area (Å²) in [6.07, 6.45) is 2.38. The van der Waals surface area contributed by atoms with Gasteiger partial charge in [0.15, 0.2) is 0 Å². The number of thiocarbonyl (C=S) groups is 1. The monoisotopic (exact) mass is 218 g/mol. The van der Waals surface area contributed by atoms with Crippen molar-refractivity contribution in [3.63, 3.8) is 0 Å². The fourth-order valence-electron chi connectivity index (χ4n) is 0.851. The van der Waals surface area contributed by atoms with Gasteiger partial charge in [-0.05, 0) is 19.3 Å². The fraction of sp³-hybridized carbons (Fsp3) is 0.778. The zero-order valence-electron chi connectivity index (χ0n) is 8.54. The second-order valence-corrected chi connectivity index (χ2v) is 3.50. The number of ether oxygens (including phenoxy) is 1. The Bertz CT molecular complexity index is 186. The summed E-state index contributed by atoms with van der Waals surface area (Å²) in [4.78, 5) is 11.5. The topological polar surface area (TPSA) is 64.3 Å². The summed E-state index contributed by atoms with van der Waals surface area (Å²) in [6, 6.07) is 0. The first-order chi connectivity index (χ1) is 6.66. The number of amides is 1. The lowest BCUT2D eigenvalue weighted by molar-refractivity contribution is -0.125. The Kier molecular flexibility index (Phi) is 8.47. The lowest BCUT2D eigenvalue weighted by Gasteiger charge is -2.04. The van der Waals surface area contributed by atoms with Crippen LogP contribution >= 0.6 is 12.2 Å². The van der Waals surface area contributed by atoms with Crippen LogP contribution in [-0.2, 0) is 9.53 Å². The van der Waals surface area contributed by atoms with Crippen LogP contribution in [0.4, 0.5) is 0 Å². The summed E-state index contributed by atoms with van der Waals surface area (Å²) >= 11 is 4.70. The van der Waals surface area contributed by atoms with Gasteiger partial charge in [-0.2, -0.15) is 0 Å². The third-order valence-corrected chi connectivity index (χ3v) is 1.71. The predicted molar refractivity (Wildman–Crippen MR) is 60.1 cm³/mol. The summed E-state index contributed by atoms with van der Waals surface area (Å²) in [5.74, 6) is -0.0820.